The molecule has 0 aliphatic carbocycles. The van der Waals surface area contributed by atoms with E-state index in [9.17, 15) is 0 Å². The van der Waals surface area contributed by atoms with Crippen LogP contribution in [0, 0.1) is 13.8 Å². The van der Waals surface area contributed by atoms with Crippen LogP contribution in [-0.2, 0) is 6.54 Å². The first-order valence-electron chi connectivity index (χ1n) is 10.2. The fourth-order valence-corrected chi connectivity index (χ4v) is 3.87. The third-order valence-electron chi connectivity index (χ3n) is 5.68. The molecule has 0 amide bonds. The van der Waals surface area contributed by atoms with Gasteiger partial charge in [0.1, 0.15) is 0 Å². The zero-order valence-corrected chi connectivity index (χ0v) is 17.2. The summed E-state index contributed by atoms with van der Waals surface area (Å²) in [4.78, 5) is 2.41. The van der Waals surface area contributed by atoms with Crippen molar-refractivity contribution in [2.24, 2.45) is 0 Å². The van der Waals surface area contributed by atoms with E-state index in [0.29, 0.717) is 6.04 Å². The molecule has 1 fully saturated rings. The lowest BCUT2D eigenvalue weighted by molar-refractivity contribution is 0.234. The van der Waals surface area contributed by atoms with Gasteiger partial charge in [-0.2, -0.15) is 5.10 Å². The number of nitrogens with one attached hydrogen (secondary N) is 1. The molecule has 4 heteroatoms. The topological polar surface area (TPSA) is 33.1 Å². The summed E-state index contributed by atoms with van der Waals surface area (Å²) < 4.78 is 2.02. The van der Waals surface area contributed by atoms with Crippen molar-refractivity contribution in [3.8, 4) is 16.9 Å². The van der Waals surface area contributed by atoms with Crippen LogP contribution in [0.4, 0.5) is 0 Å². The molecule has 0 unspecified atom stereocenters. The van der Waals surface area contributed by atoms with Crippen molar-refractivity contribution in [2.75, 3.05) is 20.1 Å². The van der Waals surface area contributed by atoms with Gasteiger partial charge in [-0.1, -0.05) is 41.5 Å². The zero-order chi connectivity index (χ0) is 19.5. The molecule has 0 bridgehead atoms. The van der Waals surface area contributed by atoms with Gasteiger partial charge in [-0.3, -0.25) is 0 Å². The second-order valence-corrected chi connectivity index (χ2v) is 8.11. The lowest BCUT2D eigenvalue weighted by atomic mass is 10.0. The van der Waals surface area contributed by atoms with E-state index < -0.39 is 0 Å². The van der Waals surface area contributed by atoms with Crippen LogP contribution in [-0.4, -0.2) is 40.9 Å². The third-order valence-corrected chi connectivity index (χ3v) is 5.68. The smallest absolute Gasteiger partial charge is 0.0972 e. The Morgan fingerprint density at radius 3 is 2.46 bits per heavy atom. The normalized spacial score (nSPS) is 15.8. The predicted molar refractivity (Wildman–Crippen MR) is 116 cm³/mol. The van der Waals surface area contributed by atoms with Gasteiger partial charge in [0.2, 0.25) is 0 Å². The molecule has 1 N–H and O–H groups in total. The number of hydrogen-bond acceptors (Lipinski definition) is 3. The quantitative estimate of drug-likeness (QED) is 0.721. The number of piperidine rings is 1. The maximum absolute atomic E-state index is 4.97. The van der Waals surface area contributed by atoms with E-state index in [1.54, 1.807) is 0 Å². The highest BCUT2D eigenvalue weighted by Crippen LogP contribution is 2.25. The van der Waals surface area contributed by atoms with Gasteiger partial charge in [0.05, 0.1) is 11.4 Å². The molecule has 4 nitrogen and oxygen atoms in total. The molecule has 28 heavy (non-hydrogen) atoms. The zero-order valence-electron chi connectivity index (χ0n) is 17.2. The summed E-state index contributed by atoms with van der Waals surface area (Å²) in [6.07, 6.45) is 4.61. The van der Waals surface area contributed by atoms with E-state index in [4.69, 9.17) is 5.10 Å². The van der Waals surface area contributed by atoms with Gasteiger partial charge in [0, 0.05) is 29.9 Å². The summed E-state index contributed by atoms with van der Waals surface area (Å²) in [5, 5.41) is 8.74. The molecule has 0 saturated carbocycles. The fraction of sp³-hybridized carbons (Fsp3) is 0.375. The van der Waals surface area contributed by atoms with Crippen LogP contribution >= 0.6 is 0 Å². The van der Waals surface area contributed by atoms with Gasteiger partial charge in [-0.05, 0) is 65.0 Å². The number of aryl methyl sites for hydroxylation is 2. The van der Waals surface area contributed by atoms with Gasteiger partial charge >= 0.3 is 0 Å². The summed E-state index contributed by atoms with van der Waals surface area (Å²) in [6, 6.07) is 17.8. The number of nitrogens with zero attached hydrogens (tertiary/aromatic N) is 3. The molecule has 2 heterocycles. The number of likely N-dealkylation sites (tertiary alicyclic amines) is 1. The first-order valence-corrected chi connectivity index (χ1v) is 10.2. The summed E-state index contributed by atoms with van der Waals surface area (Å²) in [6.45, 7) is 7.44. The van der Waals surface area contributed by atoms with Crippen molar-refractivity contribution in [3.63, 3.8) is 0 Å². The van der Waals surface area contributed by atoms with Crippen LogP contribution in [0.25, 0.3) is 16.9 Å². The Morgan fingerprint density at radius 1 is 1.00 bits per heavy atom. The minimum absolute atomic E-state index is 0.587. The van der Waals surface area contributed by atoms with Crippen LogP contribution in [0.1, 0.15) is 29.5 Å². The van der Waals surface area contributed by atoms with Crippen molar-refractivity contribution in [1.29, 1.82) is 0 Å². The van der Waals surface area contributed by atoms with Crippen molar-refractivity contribution in [3.05, 3.63) is 71.4 Å². The van der Waals surface area contributed by atoms with Crippen molar-refractivity contribution >= 4 is 0 Å². The monoisotopic (exact) mass is 374 g/mol. The third kappa shape index (κ3) is 4.34. The van der Waals surface area contributed by atoms with E-state index >= 15 is 0 Å². The number of hydrogen-bond donors (Lipinski definition) is 1. The van der Waals surface area contributed by atoms with Crippen molar-refractivity contribution in [2.45, 2.75) is 39.3 Å². The highest BCUT2D eigenvalue weighted by Gasteiger charge is 2.18. The van der Waals surface area contributed by atoms with E-state index in [0.717, 1.165) is 17.9 Å². The summed E-state index contributed by atoms with van der Waals surface area (Å²) >= 11 is 0. The molecule has 146 valence electrons. The van der Waals surface area contributed by atoms with Crippen LogP contribution in [0.5, 0.6) is 0 Å². The van der Waals surface area contributed by atoms with E-state index in [1.807, 2.05) is 4.68 Å². The summed E-state index contributed by atoms with van der Waals surface area (Å²) in [7, 11) is 2.21. The SMILES string of the molecule is Cc1ccc(-n2cc(CNC3CCN(C)CC3)c(-c3cccc(C)c3)n2)cc1. The number of rotatable bonds is 5. The lowest BCUT2D eigenvalue weighted by Crippen LogP contribution is -2.40. The Labute approximate surface area is 168 Å². The molecular formula is C24H30N4. The molecule has 0 spiro atoms. The van der Waals surface area contributed by atoms with Crippen LogP contribution in [0.3, 0.4) is 0 Å². The van der Waals surface area contributed by atoms with Gasteiger partial charge in [-0.15, -0.1) is 0 Å². The first-order chi connectivity index (χ1) is 13.6. The Kier molecular flexibility index (Phi) is 5.60. The highest BCUT2D eigenvalue weighted by atomic mass is 15.3. The largest absolute Gasteiger partial charge is 0.310 e. The summed E-state index contributed by atoms with van der Waals surface area (Å²) in [5.41, 5.74) is 7.14. The van der Waals surface area contributed by atoms with Gasteiger partial charge in [-0.25, -0.2) is 4.68 Å². The number of aromatic nitrogens is 2. The molecule has 4 rings (SSSR count). The van der Waals surface area contributed by atoms with Crippen LogP contribution in [0.15, 0.2) is 54.7 Å². The van der Waals surface area contributed by atoms with E-state index in [-0.39, 0.29) is 0 Å². The highest BCUT2D eigenvalue weighted by molar-refractivity contribution is 5.64. The second kappa shape index (κ2) is 8.29. The molecular weight excluding hydrogens is 344 g/mol. The van der Waals surface area contributed by atoms with Gasteiger partial charge in [0.15, 0.2) is 0 Å². The van der Waals surface area contributed by atoms with Gasteiger partial charge < -0.3 is 10.2 Å². The van der Waals surface area contributed by atoms with E-state index in [2.05, 4.69) is 85.8 Å². The fourth-order valence-electron chi connectivity index (χ4n) is 3.87. The Hall–Kier alpha value is -2.43. The Bertz CT molecular complexity index is 918. The predicted octanol–water partition coefficient (Wildman–Crippen LogP) is 4.34. The minimum Gasteiger partial charge on any atom is -0.310 e. The van der Waals surface area contributed by atoms with Crippen LogP contribution < -0.4 is 5.32 Å². The molecule has 0 atom stereocenters. The van der Waals surface area contributed by atoms with Crippen LogP contribution in [0.2, 0.25) is 0 Å². The maximum Gasteiger partial charge on any atom is 0.0972 e. The molecule has 1 saturated heterocycles. The average Bonchev–Trinajstić information content (AvgIpc) is 3.12. The molecule has 1 aliphatic rings. The maximum atomic E-state index is 4.97. The van der Waals surface area contributed by atoms with Crippen molar-refractivity contribution < 1.29 is 0 Å². The van der Waals surface area contributed by atoms with Crippen molar-refractivity contribution in [1.82, 2.24) is 20.0 Å². The Morgan fingerprint density at radius 2 is 1.75 bits per heavy atom. The molecule has 2 aromatic carbocycles. The molecule has 1 aromatic heterocycles. The first kappa shape index (κ1) is 18.9. The second-order valence-electron chi connectivity index (χ2n) is 8.11. The summed E-state index contributed by atoms with van der Waals surface area (Å²) in [5.74, 6) is 0. The standard InChI is InChI=1S/C24H30N4/c1-18-7-9-23(10-8-18)28-17-21(16-25-22-11-13-27(3)14-12-22)24(26-28)20-6-4-5-19(2)15-20/h4-10,15,17,22,25H,11-14,16H2,1-3H3. The van der Waals surface area contributed by atoms with E-state index in [1.165, 1.54) is 48.2 Å². The lowest BCUT2D eigenvalue weighted by Gasteiger charge is -2.29. The number of benzene rings is 2. The molecule has 1 aliphatic heterocycles. The molecule has 0 radical (unpaired) electrons. The van der Waals surface area contributed by atoms with Gasteiger partial charge in [0.25, 0.3) is 0 Å². The molecule has 3 aromatic rings. The average molecular weight is 375 g/mol. The minimum atomic E-state index is 0.587. The Balaban J connectivity index is 1.62.